The van der Waals surface area contributed by atoms with E-state index in [1.807, 2.05) is 13.0 Å². The van der Waals surface area contributed by atoms with E-state index >= 15 is 0 Å². The van der Waals surface area contributed by atoms with Crippen molar-refractivity contribution in [3.8, 4) is 0 Å². The summed E-state index contributed by atoms with van der Waals surface area (Å²) in [5.74, 6) is 0. The van der Waals surface area contributed by atoms with Crippen LogP contribution in [0.1, 0.15) is 26.7 Å². The van der Waals surface area contributed by atoms with Gasteiger partial charge in [0.05, 0.1) is 6.42 Å². The fourth-order valence-electron chi connectivity index (χ4n) is 1.39. The van der Waals surface area contributed by atoms with Crippen molar-refractivity contribution in [1.82, 2.24) is 5.06 Å². The van der Waals surface area contributed by atoms with Gasteiger partial charge in [-0.25, -0.2) is 5.06 Å². The number of nitrogens with zero attached hydrogens (tertiary/aromatic N) is 3. The molecule has 1 N–H and O–H groups in total. The Bertz CT molecular complexity index is 324. The third-order valence-electron chi connectivity index (χ3n) is 2.32. The molecule has 4 nitrogen and oxygen atoms in total. The van der Waals surface area contributed by atoms with Crippen molar-refractivity contribution in [1.29, 1.82) is 0 Å². The molecule has 0 saturated heterocycles. The lowest BCUT2D eigenvalue weighted by Crippen LogP contribution is -2.26. The first-order chi connectivity index (χ1) is 6.72. The van der Waals surface area contributed by atoms with Gasteiger partial charge in [-0.15, -0.1) is 0 Å². The molecule has 0 saturated carbocycles. The van der Waals surface area contributed by atoms with Gasteiger partial charge in [-0.2, -0.15) is 4.79 Å². The second-order valence-electron chi connectivity index (χ2n) is 3.17. The average molecular weight is 193 g/mol. The zero-order valence-corrected chi connectivity index (χ0v) is 8.56. The maximum atomic E-state index is 9.49. The van der Waals surface area contributed by atoms with Crippen LogP contribution in [0, 0.1) is 0 Å². The van der Waals surface area contributed by atoms with Crippen molar-refractivity contribution in [2.75, 3.05) is 6.54 Å². The average Bonchev–Trinajstić information content (AvgIpc) is 2.27. The van der Waals surface area contributed by atoms with Crippen LogP contribution in [-0.4, -0.2) is 27.3 Å². The highest BCUT2D eigenvalue weighted by Gasteiger charge is 2.23. The molecular weight excluding hydrogens is 178 g/mol. The molecule has 0 atom stereocenters. The van der Waals surface area contributed by atoms with E-state index in [1.165, 1.54) is 5.57 Å². The quantitative estimate of drug-likeness (QED) is 0.423. The van der Waals surface area contributed by atoms with Crippen molar-refractivity contribution in [3.63, 3.8) is 0 Å². The van der Waals surface area contributed by atoms with Crippen LogP contribution in [0.5, 0.6) is 0 Å². The number of hydroxylamine groups is 2. The molecule has 0 aliphatic heterocycles. The molecule has 0 unspecified atom stereocenters. The summed E-state index contributed by atoms with van der Waals surface area (Å²) in [6, 6.07) is 0. The van der Waals surface area contributed by atoms with Gasteiger partial charge in [-0.1, -0.05) is 18.6 Å². The van der Waals surface area contributed by atoms with Crippen LogP contribution >= 0.6 is 0 Å². The summed E-state index contributed by atoms with van der Waals surface area (Å²) in [4.78, 5) is 3.20. The van der Waals surface area contributed by atoms with Crippen molar-refractivity contribution in [2.24, 2.45) is 0 Å². The zero-order valence-electron chi connectivity index (χ0n) is 8.56. The van der Waals surface area contributed by atoms with E-state index in [-0.39, 0.29) is 0 Å². The monoisotopic (exact) mass is 193 g/mol. The highest BCUT2D eigenvalue weighted by molar-refractivity contribution is 5.98. The fourth-order valence-corrected chi connectivity index (χ4v) is 1.39. The lowest BCUT2D eigenvalue weighted by molar-refractivity contribution is -0.0583. The molecule has 14 heavy (non-hydrogen) atoms. The fraction of sp³-hybridized carbons (Fsp3) is 0.500. The second kappa shape index (κ2) is 4.74. The van der Waals surface area contributed by atoms with Crippen molar-refractivity contribution >= 4 is 5.71 Å². The predicted octanol–water partition coefficient (Wildman–Crippen LogP) is 1.99. The van der Waals surface area contributed by atoms with Crippen molar-refractivity contribution in [3.05, 3.63) is 29.0 Å². The Kier molecular flexibility index (Phi) is 3.63. The van der Waals surface area contributed by atoms with Crippen LogP contribution in [0.25, 0.3) is 5.53 Å². The minimum atomic E-state index is 0.472. The van der Waals surface area contributed by atoms with Gasteiger partial charge in [0.1, 0.15) is 5.70 Å². The number of hydrogen-bond donors (Lipinski definition) is 1. The van der Waals surface area contributed by atoms with Crippen LogP contribution in [0.2, 0.25) is 0 Å². The van der Waals surface area contributed by atoms with Gasteiger partial charge in [0.25, 0.3) is 0 Å². The summed E-state index contributed by atoms with van der Waals surface area (Å²) in [6.45, 7) is 4.35. The summed E-state index contributed by atoms with van der Waals surface area (Å²) in [6.07, 6.45) is 5.28. The largest absolute Gasteiger partial charge is 0.361 e. The molecule has 0 bridgehead atoms. The first-order valence-electron chi connectivity index (χ1n) is 4.80. The summed E-state index contributed by atoms with van der Waals surface area (Å²) >= 11 is 0. The number of rotatable bonds is 3. The van der Waals surface area contributed by atoms with Crippen LogP contribution in [0.3, 0.4) is 0 Å². The first-order valence-corrected chi connectivity index (χ1v) is 4.80. The molecule has 0 spiro atoms. The van der Waals surface area contributed by atoms with E-state index in [1.54, 1.807) is 6.08 Å². The molecule has 1 aliphatic rings. The Hall–Kier alpha value is -1.38. The van der Waals surface area contributed by atoms with Crippen LogP contribution in [-0.2, 0) is 0 Å². The highest BCUT2D eigenvalue weighted by atomic mass is 16.5. The van der Waals surface area contributed by atoms with Crippen LogP contribution < -0.4 is 0 Å². The molecule has 0 heterocycles. The first kappa shape index (κ1) is 10.7. The van der Waals surface area contributed by atoms with E-state index in [0.717, 1.165) is 11.5 Å². The third-order valence-corrected chi connectivity index (χ3v) is 2.32. The summed E-state index contributed by atoms with van der Waals surface area (Å²) in [5.41, 5.74) is 11.1. The van der Waals surface area contributed by atoms with Gasteiger partial charge in [0, 0.05) is 6.54 Å². The van der Waals surface area contributed by atoms with E-state index in [4.69, 9.17) is 5.53 Å². The molecule has 76 valence electrons. The van der Waals surface area contributed by atoms with E-state index in [2.05, 4.69) is 11.7 Å². The SMILES string of the molecule is CCC1=CC=C(N(O)CC)C(=[N+]=[N-])C1. The van der Waals surface area contributed by atoms with Crippen molar-refractivity contribution in [2.45, 2.75) is 26.7 Å². The van der Waals surface area contributed by atoms with Gasteiger partial charge >= 0.3 is 5.71 Å². The molecule has 0 aromatic rings. The minimum Gasteiger partial charge on any atom is -0.361 e. The molecule has 0 aromatic carbocycles. The van der Waals surface area contributed by atoms with Crippen molar-refractivity contribution < 1.29 is 10.00 Å². The van der Waals surface area contributed by atoms with Gasteiger partial charge < -0.3 is 5.53 Å². The van der Waals surface area contributed by atoms with E-state index in [0.29, 0.717) is 24.4 Å². The summed E-state index contributed by atoms with van der Waals surface area (Å²) in [7, 11) is 0. The molecule has 0 fully saturated rings. The Morgan fingerprint density at radius 3 is 2.71 bits per heavy atom. The Morgan fingerprint density at radius 1 is 1.50 bits per heavy atom. The van der Waals surface area contributed by atoms with Gasteiger partial charge in [-0.3, -0.25) is 5.21 Å². The number of allylic oxidation sites excluding steroid dienone is 4. The van der Waals surface area contributed by atoms with E-state index in [9.17, 15) is 5.21 Å². The minimum absolute atomic E-state index is 0.472. The third kappa shape index (κ3) is 2.10. The van der Waals surface area contributed by atoms with Crippen LogP contribution in [0.15, 0.2) is 23.4 Å². The Morgan fingerprint density at radius 2 is 2.21 bits per heavy atom. The molecular formula is C10H15N3O. The zero-order chi connectivity index (χ0) is 10.6. The maximum absolute atomic E-state index is 9.49. The smallest absolute Gasteiger partial charge is 0.321 e. The summed E-state index contributed by atoms with van der Waals surface area (Å²) in [5, 5.41) is 10.6. The molecule has 0 aromatic heterocycles. The van der Waals surface area contributed by atoms with E-state index < -0.39 is 0 Å². The second-order valence-corrected chi connectivity index (χ2v) is 3.17. The predicted molar refractivity (Wildman–Crippen MR) is 53.9 cm³/mol. The molecule has 0 radical (unpaired) electrons. The molecule has 0 amide bonds. The lowest BCUT2D eigenvalue weighted by atomic mass is 9.98. The van der Waals surface area contributed by atoms with Crippen LogP contribution in [0.4, 0.5) is 0 Å². The molecule has 4 heteroatoms. The standard InChI is InChI=1S/C10H15N3O/c1-3-8-5-6-10(13(14)4-2)9(7-8)12-11/h5-6,14H,3-4,7H2,1-2H3. The lowest BCUT2D eigenvalue weighted by Gasteiger charge is -2.17. The maximum Gasteiger partial charge on any atom is 0.321 e. The van der Waals surface area contributed by atoms with Gasteiger partial charge in [0.15, 0.2) is 0 Å². The van der Waals surface area contributed by atoms with Gasteiger partial charge in [0.2, 0.25) is 0 Å². The number of hydrogen-bond acceptors (Lipinski definition) is 2. The molecule has 1 aliphatic carbocycles. The van der Waals surface area contributed by atoms with Gasteiger partial charge in [-0.05, 0) is 19.4 Å². The Balaban J connectivity index is 2.97. The highest BCUT2D eigenvalue weighted by Crippen LogP contribution is 2.18. The Labute approximate surface area is 83.7 Å². The molecule has 1 rings (SSSR count). The summed E-state index contributed by atoms with van der Waals surface area (Å²) < 4.78 is 0. The normalized spacial score (nSPS) is 15.8. The topological polar surface area (TPSA) is 59.9 Å².